The van der Waals surface area contributed by atoms with Crippen LogP contribution in [0.4, 0.5) is 0 Å². The zero-order chi connectivity index (χ0) is 16.6. The van der Waals surface area contributed by atoms with Crippen molar-refractivity contribution in [1.82, 2.24) is 18.7 Å². The fraction of sp³-hybridized carbons (Fsp3) is 0.333. The maximum Gasteiger partial charge on any atom is 0.332 e. The lowest BCUT2D eigenvalue weighted by Crippen LogP contribution is -2.37. The normalized spacial score (nSPS) is 11.2. The maximum atomic E-state index is 12.3. The number of fused-ring (bicyclic) bond motifs is 1. The lowest BCUT2D eigenvalue weighted by molar-refractivity contribution is 0.0982. The van der Waals surface area contributed by atoms with Crippen LogP contribution in [0.2, 0.25) is 0 Å². The average Bonchev–Trinajstić information content (AvgIpc) is 3.20. The van der Waals surface area contributed by atoms with Crippen LogP contribution in [-0.4, -0.2) is 24.5 Å². The van der Waals surface area contributed by atoms with Crippen molar-refractivity contribution in [1.29, 1.82) is 0 Å². The van der Waals surface area contributed by atoms with Crippen molar-refractivity contribution in [2.24, 2.45) is 14.1 Å². The molecule has 0 aromatic carbocycles. The fourth-order valence-electron chi connectivity index (χ4n) is 2.54. The number of ketones is 1. The van der Waals surface area contributed by atoms with Gasteiger partial charge >= 0.3 is 5.69 Å². The monoisotopic (exact) mass is 332 g/mol. The van der Waals surface area contributed by atoms with Crippen molar-refractivity contribution in [3.05, 3.63) is 49.6 Å². The number of hydrogen-bond donors (Lipinski definition) is 0. The second kappa shape index (κ2) is 5.96. The summed E-state index contributed by atoms with van der Waals surface area (Å²) < 4.78 is 4.13. The van der Waals surface area contributed by atoms with Gasteiger partial charge in [-0.3, -0.25) is 18.7 Å². The molecule has 7 nitrogen and oxygen atoms in total. The molecule has 3 heterocycles. The topological polar surface area (TPSA) is 78.9 Å². The van der Waals surface area contributed by atoms with Crippen molar-refractivity contribution >= 4 is 28.3 Å². The van der Waals surface area contributed by atoms with Gasteiger partial charge in [-0.2, -0.15) is 0 Å². The summed E-state index contributed by atoms with van der Waals surface area (Å²) in [5.41, 5.74) is -0.0216. The Balaban J connectivity index is 1.83. The van der Waals surface area contributed by atoms with Gasteiger partial charge in [0.05, 0.1) is 11.2 Å². The molecule has 0 fully saturated rings. The van der Waals surface area contributed by atoms with Crippen LogP contribution < -0.4 is 11.2 Å². The minimum Gasteiger partial charge on any atom is -0.325 e. The summed E-state index contributed by atoms with van der Waals surface area (Å²) in [6, 6.07) is 3.66. The number of carbonyl (C=O) groups excluding carboxylic acids is 1. The third-order valence-corrected chi connectivity index (χ3v) is 4.73. The summed E-state index contributed by atoms with van der Waals surface area (Å²) in [5, 5.41) is 1.88. The third kappa shape index (κ3) is 2.65. The quantitative estimate of drug-likeness (QED) is 0.657. The molecule has 0 aliphatic carbocycles. The van der Waals surface area contributed by atoms with Gasteiger partial charge in [0.2, 0.25) is 0 Å². The zero-order valence-electron chi connectivity index (χ0n) is 12.9. The molecular formula is C15H16N4O3S. The number of aryl methyl sites for hydroxylation is 2. The molecule has 0 aliphatic rings. The predicted molar refractivity (Wildman–Crippen MR) is 88.1 cm³/mol. The maximum absolute atomic E-state index is 12.3. The second-order valence-corrected chi connectivity index (χ2v) is 6.27. The van der Waals surface area contributed by atoms with Gasteiger partial charge < -0.3 is 4.57 Å². The molecule has 0 N–H and O–H groups in total. The van der Waals surface area contributed by atoms with E-state index in [0.29, 0.717) is 30.6 Å². The molecule has 0 atom stereocenters. The Morgan fingerprint density at radius 3 is 2.74 bits per heavy atom. The fourth-order valence-corrected chi connectivity index (χ4v) is 3.23. The van der Waals surface area contributed by atoms with E-state index in [1.165, 1.54) is 23.0 Å². The predicted octanol–water partition coefficient (Wildman–Crippen LogP) is 1.16. The first-order valence-corrected chi connectivity index (χ1v) is 8.06. The molecule has 23 heavy (non-hydrogen) atoms. The lowest BCUT2D eigenvalue weighted by atomic mass is 10.2. The van der Waals surface area contributed by atoms with Gasteiger partial charge in [0.25, 0.3) is 5.56 Å². The number of thiophene rings is 1. The van der Waals surface area contributed by atoms with Crippen LogP contribution in [0, 0.1) is 0 Å². The van der Waals surface area contributed by atoms with E-state index in [0.717, 1.165) is 9.44 Å². The van der Waals surface area contributed by atoms with Crippen LogP contribution >= 0.6 is 11.3 Å². The molecule has 0 bridgehead atoms. The molecule has 3 aromatic heterocycles. The summed E-state index contributed by atoms with van der Waals surface area (Å²) >= 11 is 1.43. The van der Waals surface area contributed by atoms with Crippen LogP contribution in [0.1, 0.15) is 22.5 Å². The molecule has 0 radical (unpaired) electrons. The van der Waals surface area contributed by atoms with Crippen LogP contribution in [0.5, 0.6) is 0 Å². The number of aromatic nitrogens is 4. The van der Waals surface area contributed by atoms with E-state index in [1.807, 2.05) is 17.5 Å². The molecule has 3 aromatic rings. The average molecular weight is 332 g/mol. The number of carbonyl (C=O) groups is 1. The molecule has 0 saturated carbocycles. The van der Waals surface area contributed by atoms with Crippen LogP contribution in [0.3, 0.4) is 0 Å². The van der Waals surface area contributed by atoms with Crippen molar-refractivity contribution < 1.29 is 4.79 Å². The molecule has 3 rings (SSSR count). The Hall–Kier alpha value is -2.48. The van der Waals surface area contributed by atoms with Gasteiger partial charge in [-0.05, 0) is 17.9 Å². The first kappa shape index (κ1) is 15.4. The largest absolute Gasteiger partial charge is 0.332 e. The number of rotatable bonds is 5. The van der Waals surface area contributed by atoms with Crippen LogP contribution in [0.25, 0.3) is 11.2 Å². The summed E-state index contributed by atoms with van der Waals surface area (Å²) in [6.07, 6.45) is 2.56. The highest BCUT2D eigenvalue weighted by Crippen LogP contribution is 2.13. The second-order valence-electron chi connectivity index (χ2n) is 5.32. The van der Waals surface area contributed by atoms with Gasteiger partial charge in [-0.15, -0.1) is 11.3 Å². The van der Waals surface area contributed by atoms with Crippen LogP contribution in [-0.2, 0) is 20.6 Å². The number of hydrogen-bond acceptors (Lipinski definition) is 5. The molecule has 120 valence electrons. The number of imidazole rings is 1. The molecule has 0 amide bonds. The van der Waals surface area contributed by atoms with E-state index in [4.69, 9.17) is 0 Å². The van der Waals surface area contributed by atoms with Gasteiger partial charge in [-0.1, -0.05) is 6.07 Å². The molecule has 0 unspecified atom stereocenters. The Morgan fingerprint density at radius 2 is 2.04 bits per heavy atom. The van der Waals surface area contributed by atoms with E-state index in [1.54, 1.807) is 17.9 Å². The van der Waals surface area contributed by atoms with Crippen LogP contribution in [0.15, 0.2) is 33.4 Å². The Labute approximate surface area is 135 Å². The minimum atomic E-state index is -0.402. The SMILES string of the molecule is Cn1c(=O)c2c(ncn2CCCC(=O)c2cccs2)n(C)c1=O. The molecule has 8 heteroatoms. The van der Waals surface area contributed by atoms with E-state index in [-0.39, 0.29) is 11.3 Å². The van der Waals surface area contributed by atoms with Crippen molar-refractivity contribution in [2.75, 3.05) is 0 Å². The highest BCUT2D eigenvalue weighted by Gasteiger charge is 2.14. The Bertz CT molecular complexity index is 979. The van der Waals surface area contributed by atoms with Crippen molar-refractivity contribution in [3.8, 4) is 0 Å². The molecule has 0 aliphatic heterocycles. The molecular weight excluding hydrogens is 316 g/mol. The minimum absolute atomic E-state index is 0.102. The highest BCUT2D eigenvalue weighted by molar-refractivity contribution is 7.12. The number of Topliss-reactive ketones (excluding diaryl/α,β-unsaturated/α-hetero) is 1. The standard InChI is InChI=1S/C15H16N4O3S/c1-17-13-12(14(21)18(2)15(17)22)19(9-16-13)7-3-5-10(20)11-6-4-8-23-11/h4,6,8-9H,3,5,7H2,1-2H3. The van der Waals surface area contributed by atoms with Gasteiger partial charge in [0, 0.05) is 27.1 Å². The van der Waals surface area contributed by atoms with E-state index < -0.39 is 5.69 Å². The molecule has 0 saturated heterocycles. The highest BCUT2D eigenvalue weighted by atomic mass is 32.1. The summed E-state index contributed by atoms with van der Waals surface area (Å²) in [4.78, 5) is 41.1. The van der Waals surface area contributed by atoms with E-state index in [9.17, 15) is 14.4 Å². The van der Waals surface area contributed by atoms with Crippen molar-refractivity contribution in [2.45, 2.75) is 19.4 Å². The van der Waals surface area contributed by atoms with Gasteiger partial charge in [0.1, 0.15) is 0 Å². The first-order valence-electron chi connectivity index (χ1n) is 7.18. The van der Waals surface area contributed by atoms with Gasteiger partial charge in [-0.25, -0.2) is 9.78 Å². The Morgan fingerprint density at radius 1 is 1.26 bits per heavy atom. The zero-order valence-corrected chi connectivity index (χ0v) is 13.7. The van der Waals surface area contributed by atoms with E-state index in [2.05, 4.69) is 4.98 Å². The summed E-state index contributed by atoms with van der Waals surface area (Å²) in [7, 11) is 3.03. The van der Waals surface area contributed by atoms with E-state index >= 15 is 0 Å². The van der Waals surface area contributed by atoms with Crippen molar-refractivity contribution in [3.63, 3.8) is 0 Å². The Kier molecular flexibility index (Phi) is 3.99. The summed E-state index contributed by atoms with van der Waals surface area (Å²) in [6.45, 7) is 0.501. The smallest absolute Gasteiger partial charge is 0.325 e. The third-order valence-electron chi connectivity index (χ3n) is 3.82. The number of nitrogens with zero attached hydrogens (tertiary/aromatic N) is 4. The summed E-state index contributed by atoms with van der Waals surface area (Å²) in [5.74, 6) is 0.102. The first-order chi connectivity index (χ1) is 11.0. The molecule has 0 spiro atoms. The lowest BCUT2D eigenvalue weighted by Gasteiger charge is -2.06. The van der Waals surface area contributed by atoms with Gasteiger partial charge in [0.15, 0.2) is 16.9 Å².